The normalized spacial score (nSPS) is 26.4. The molecular weight excluding hydrogens is 238 g/mol. The van der Waals surface area contributed by atoms with Crippen molar-refractivity contribution in [2.75, 3.05) is 7.11 Å². The van der Waals surface area contributed by atoms with Gasteiger partial charge in [-0.05, 0) is 42.4 Å². The van der Waals surface area contributed by atoms with Gasteiger partial charge in [-0.25, -0.2) is 4.79 Å². The minimum atomic E-state index is -0.280. The fourth-order valence-electron chi connectivity index (χ4n) is 2.78. The van der Waals surface area contributed by atoms with Crippen molar-refractivity contribution in [2.45, 2.75) is 39.3 Å². The Hall–Kier alpha value is -1.35. The van der Waals surface area contributed by atoms with Crippen LogP contribution in [0.4, 0.5) is 0 Å². The van der Waals surface area contributed by atoms with Gasteiger partial charge < -0.3 is 10.1 Å². The van der Waals surface area contributed by atoms with Crippen LogP contribution in [0.3, 0.4) is 0 Å². The number of hydrogen-bond donors (Lipinski definition) is 1. The number of esters is 1. The summed E-state index contributed by atoms with van der Waals surface area (Å²) in [6.07, 6.45) is 2.59. The van der Waals surface area contributed by atoms with Crippen LogP contribution in [0.15, 0.2) is 24.3 Å². The van der Waals surface area contributed by atoms with Gasteiger partial charge in [0.05, 0.1) is 12.7 Å². The molecule has 2 rings (SSSR count). The Morgan fingerprint density at radius 2 is 1.95 bits per heavy atom. The smallest absolute Gasteiger partial charge is 0.337 e. The number of carbonyl (C=O) groups excluding carboxylic acids is 1. The number of carbonyl (C=O) groups is 1. The molecule has 1 aliphatic carbocycles. The standard InChI is InChI=1S/C16H23NO2/c1-11-4-9-15(12(11)2)17-10-13-5-7-14(8-6-13)16(18)19-3/h5-8,11-12,15,17H,4,9-10H2,1-3H3. The molecule has 1 fully saturated rings. The molecule has 3 nitrogen and oxygen atoms in total. The Kier molecular flexibility index (Phi) is 4.59. The molecule has 3 atom stereocenters. The van der Waals surface area contributed by atoms with Gasteiger partial charge in [-0.1, -0.05) is 26.0 Å². The molecule has 3 heteroatoms. The first-order valence-corrected chi connectivity index (χ1v) is 7.02. The Labute approximate surface area is 115 Å². The van der Waals surface area contributed by atoms with E-state index in [1.807, 2.05) is 24.3 Å². The fraction of sp³-hybridized carbons (Fsp3) is 0.562. The van der Waals surface area contributed by atoms with Crippen molar-refractivity contribution in [3.8, 4) is 0 Å². The van der Waals surface area contributed by atoms with Gasteiger partial charge >= 0.3 is 5.97 Å². The van der Waals surface area contributed by atoms with E-state index in [-0.39, 0.29) is 5.97 Å². The molecule has 1 aliphatic rings. The molecule has 0 bridgehead atoms. The molecule has 19 heavy (non-hydrogen) atoms. The van der Waals surface area contributed by atoms with E-state index in [1.54, 1.807) is 0 Å². The van der Waals surface area contributed by atoms with Crippen LogP contribution in [0.25, 0.3) is 0 Å². The Morgan fingerprint density at radius 3 is 2.47 bits per heavy atom. The van der Waals surface area contributed by atoms with Crippen LogP contribution >= 0.6 is 0 Å². The summed E-state index contributed by atoms with van der Waals surface area (Å²) in [6, 6.07) is 8.24. The van der Waals surface area contributed by atoms with E-state index in [0.717, 1.165) is 18.4 Å². The molecule has 1 N–H and O–H groups in total. The van der Waals surface area contributed by atoms with Gasteiger partial charge in [0.15, 0.2) is 0 Å². The van der Waals surface area contributed by atoms with Crippen molar-refractivity contribution >= 4 is 5.97 Å². The molecule has 104 valence electrons. The number of nitrogens with one attached hydrogen (secondary N) is 1. The third kappa shape index (κ3) is 3.35. The summed E-state index contributed by atoms with van der Waals surface area (Å²) >= 11 is 0. The van der Waals surface area contributed by atoms with Gasteiger partial charge in [0.1, 0.15) is 0 Å². The van der Waals surface area contributed by atoms with Gasteiger partial charge in [-0.3, -0.25) is 0 Å². The molecule has 1 aromatic rings. The first kappa shape index (κ1) is 14.1. The molecule has 1 saturated carbocycles. The summed E-state index contributed by atoms with van der Waals surface area (Å²) in [5.74, 6) is 1.28. The largest absolute Gasteiger partial charge is 0.465 e. The maximum atomic E-state index is 11.3. The lowest BCUT2D eigenvalue weighted by Crippen LogP contribution is -2.31. The molecule has 0 aromatic heterocycles. The van der Waals surface area contributed by atoms with E-state index in [1.165, 1.54) is 25.5 Å². The van der Waals surface area contributed by atoms with Crippen LogP contribution in [0.5, 0.6) is 0 Å². The summed E-state index contributed by atoms with van der Waals surface area (Å²) in [6.45, 7) is 5.52. The number of methoxy groups -OCH3 is 1. The lowest BCUT2D eigenvalue weighted by molar-refractivity contribution is 0.0600. The minimum absolute atomic E-state index is 0.280. The first-order valence-electron chi connectivity index (χ1n) is 7.02. The van der Waals surface area contributed by atoms with Crippen molar-refractivity contribution in [1.29, 1.82) is 0 Å². The van der Waals surface area contributed by atoms with E-state index >= 15 is 0 Å². The van der Waals surface area contributed by atoms with Gasteiger partial charge in [0.2, 0.25) is 0 Å². The van der Waals surface area contributed by atoms with Crippen molar-refractivity contribution in [3.05, 3.63) is 35.4 Å². The molecule has 0 saturated heterocycles. The predicted molar refractivity (Wildman–Crippen MR) is 76.0 cm³/mol. The highest BCUT2D eigenvalue weighted by Crippen LogP contribution is 2.31. The third-order valence-electron chi connectivity index (χ3n) is 4.41. The van der Waals surface area contributed by atoms with Gasteiger partial charge in [-0.15, -0.1) is 0 Å². The third-order valence-corrected chi connectivity index (χ3v) is 4.41. The Morgan fingerprint density at radius 1 is 1.26 bits per heavy atom. The summed E-state index contributed by atoms with van der Waals surface area (Å²) in [5, 5.41) is 3.62. The topological polar surface area (TPSA) is 38.3 Å². The van der Waals surface area contributed by atoms with E-state index in [9.17, 15) is 4.79 Å². The Bertz CT molecular complexity index is 427. The lowest BCUT2D eigenvalue weighted by atomic mass is 9.97. The number of rotatable bonds is 4. The molecule has 0 radical (unpaired) electrons. The molecular formula is C16H23NO2. The zero-order valence-corrected chi connectivity index (χ0v) is 12.0. The molecule has 0 amide bonds. The van der Waals surface area contributed by atoms with Crippen LogP contribution in [0.2, 0.25) is 0 Å². The fourth-order valence-corrected chi connectivity index (χ4v) is 2.78. The van der Waals surface area contributed by atoms with Crippen LogP contribution in [-0.2, 0) is 11.3 Å². The van der Waals surface area contributed by atoms with Crippen molar-refractivity contribution in [1.82, 2.24) is 5.32 Å². The van der Waals surface area contributed by atoms with Crippen LogP contribution in [0.1, 0.15) is 42.6 Å². The zero-order chi connectivity index (χ0) is 13.8. The maximum Gasteiger partial charge on any atom is 0.337 e. The SMILES string of the molecule is COC(=O)c1ccc(CNC2CCC(C)C2C)cc1. The van der Waals surface area contributed by atoms with Crippen molar-refractivity contribution in [2.24, 2.45) is 11.8 Å². The summed E-state index contributed by atoms with van der Waals surface area (Å²) in [4.78, 5) is 11.3. The molecule has 1 aromatic carbocycles. The van der Waals surface area contributed by atoms with Gasteiger partial charge in [-0.2, -0.15) is 0 Å². The Balaban J connectivity index is 1.88. The summed E-state index contributed by atoms with van der Waals surface area (Å²) in [5.41, 5.74) is 1.81. The molecule has 0 heterocycles. The molecule has 3 unspecified atom stereocenters. The van der Waals surface area contributed by atoms with E-state index in [2.05, 4.69) is 23.9 Å². The van der Waals surface area contributed by atoms with Gasteiger partial charge in [0.25, 0.3) is 0 Å². The lowest BCUT2D eigenvalue weighted by Gasteiger charge is -2.19. The molecule has 0 aliphatic heterocycles. The highest BCUT2D eigenvalue weighted by Gasteiger charge is 2.28. The second kappa shape index (κ2) is 6.20. The monoisotopic (exact) mass is 261 g/mol. The average Bonchev–Trinajstić information content (AvgIpc) is 2.76. The van der Waals surface area contributed by atoms with E-state index in [0.29, 0.717) is 11.6 Å². The predicted octanol–water partition coefficient (Wildman–Crippen LogP) is 3.00. The van der Waals surface area contributed by atoms with Crippen molar-refractivity contribution < 1.29 is 9.53 Å². The second-order valence-corrected chi connectivity index (χ2v) is 5.59. The highest BCUT2D eigenvalue weighted by molar-refractivity contribution is 5.89. The average molecular weight is 261 g/mol. The minimum Gasteiger partial charge on any atom is -0.465 e. The summed E-state index contributed by atoms with van der Waals surface area (Å²) < 4.78 is 4.69. The zero-order valence-electron chi connectivity index (χ0n) is 12.0. The van der Waals surface area contributed by atoms with Crippen LogP contribution < -0.4 is 5.32 Å². The first-order chi connectivity index (χ1) is 9.11. The second-order valence-electron chi connectivity index (χ2n) is 5.59. The highest BCUT2D eigenvalue weighted by atomic mass is 16.5. The number of benzene rings is 1. The van der Waals surface area contributed by atoms with Crippen molar-refractivity contribution in [3.63, 3.8) is 0 Å². The number of ether oxygens (including phenoxy) is 1. The summed E-state index contributed by atoms with van der Waals surface area (Å²) in [7, 11) is 1.40. The van der Waals surface area contributed by atoms with E-state index in [4.69, 9.17) is 0 Å². The van der Waals surface area contributed by atoms with Crippen LogP contribution in [0, 0.1) is 11.8 Å². The quantitative estimate of drug-likeness (QED) is 0.847. The van der Waals surface area contributed by atoms with Crippen LogP contribution in [-0.4, -0.2) is 19.1 Å². The van der Waals surface area contributed by atoms with E-state index < -0.39 is 0 Å². The maximum absolute atomic E-state index is 11.3. The number of hydrogen-bond acceptors (Lipinski definition) is 3. The molecule has 0 spiro atoms. The van der Waals surface area contributed by atoms with Gasteiger partial charge in [0, 0.05) is 12.6 Å².